The molecule has 1 saturated heterocycles. The summed E-state index contributed by atoms with van der Waals surface area (Å²) in [7, 11) is 0. The minimum Gasteiger partial charge on any atom is -0.459 e. The summed E-state index contributed by atoms with van der Waals surface area (Å²) < 4.78 is 14.6. The molecule has 0 radical (unpaired) electrons. The number of allylic oxidation sites excluding steroid dienone is 1. The van der Waals surface area contributed by atoms with Crippen molar-refractivity contribution in [2.75, 3.05) is 13.1 Å². The Hall–Kier alpha value is -3.99. The van der Waals surface area contributed by atoms with Crippen LogP contribution in [0.5, 0.6) is 17.2 Å². The average Bonchev–Trinajstić information content (AvgIpc) is 3.17. The Morgan fingerprint density at radius 2 is 1.64 bits per heavy atom. The molecule has 1 aromatic heterocycles. The van der Waals surface area contributed by atoms with Crippen LogP contribution in [0.25, 0.3) is 11.3 Å². The Balaban J connectivity index is 1.43. The third-order valence-corrected chi connectivity index (χ3v) is 6.06. The fourth-order valence-electron chi connectivity index (χ4n) is 4.27. The monoisotopic (exact) mass is 438 g/mol. The largest absolute Gasteiger partial charge is 0.459 e. The van der Waals surface area contributed by atoms with Gasteiger partial charge in [0.25, 0.3) is 0 Å². The predicted octanol–water partition coefficient (Wildman–Crippen LogP) is 4.17. The van der Waals surface area contributed by atoms with Crippen molar-refractivity contribution in [1.29, 1.82) is 0 Å². The van der Waals surface area contributed by atoms with Gasteiger partial charge in [-0.3, -0.25) is 4.79 Å². The Bertz CT molecular complexity index is 1330. The average molecular weight is 439 g/mol. The zero-order chi connectivity index (χ0) is 22.8. The molecule has 166 valence electrons. The number of carbonyl (C=O) groups excluding carboxylic acids is 1. The van der Waals surface area contributed by atoms with Crippen molar-refractivity contribution in [3.63, 3.8) is 0 Å². The number of nitrogens with zero attached hydrogens (tertiary/aromatic N) is 2. The zero-order valence-corrected chi connectivity index (χ0v) is 18.6. The summed E-state index contributed by atoms with van der Waals surface area (Å²) in [6.45, 7) is 7.06. The van der Waals surface area contributed by atoms with E-state index in [1.165, 1.54) is 11.6 Å². The number of rotatable bonds is 6. The molecule has 0 N–H and O–H groups in total. The molecule has 2 aromatic carbocycles. The van der Waals surface area contributed by atoms with Gasteiger partial charge in [0.15, 0.2) is 0 Å². The van der Waals surface area contributed by atoms with Crippen LogP contribution in [0, 0.1) is 0 Å². The lowest BCUT2D eigenvalue weighted by atomic mass is 10.1. The molecule has 1 fully saturated rings. The van der Waals surface area contributed by atoms with Crippen molar-refractivity contribution in [2.45, 2.75) is 19.4 Å². The van der Waals surface area contributed by atoms with E-state index in [1.807, 2.05) is 59.5 Å². The maximum absolute atomic E-state index is 11.9. The van der Waals surface area contributed by atoms with E-state index >= 15 is 0 Å². The molecule has 0 saturated carbocycles. The summed E-state index contributed by atoms with van der Waals surface area (Å²) in [4.78, 5) is 13.7. The van der Waals surface area contributed by atoms with Crippen LogP contribution in [0.1, 0.15) is 19.4 Å². The number of fused-ring (bicyclic) bond motifs is 1. The van der Waals surface area contributed by atoms with Crippen LogP contribution in [-0.2, 0) is 4.79 Å². The first kappa shape index (κ1) is 20.9. The molecule has 3 aromatic rings. The number of amides is 1. The van der Waals surface area contributed by atoms with Crippen LogP contribution >= 0.6 is 0 Å². The molecule has 0 spiro atoms. The van der Waals surface area contributed by atoms with Crippen LogP contribution in [0.15, 0.2) is 91.7 Å². The highest BCUT2D eigenvalue weighted by molar-refractivity contribution is 5.87. The van der Waals surface area contributed by atoms with Crippen molar-refractivity contribution in [1.82, 2.24) is 9.47 Å². The molecule has 1 aliphatic carbocycles. The van der Waals surface area contributed by atoms with Crippen molar-refractivity contribution in [3.8, 4) is 17.2 Å². The Kier molecular flexibility index (Phi) is 5.61. The van der Waals surface area contributed by atoms with Gasteiger partial charge >= 0.3 is 0 Å². The summed E-state index contributed by atoms with van der Waals surface area (Å²) in [6.07, 6.45) is 8.45. The molecule has 0 unspecified atom stereocenters. The summed E-state index contributed by atoms with van der Waals surface area (Å²) in [5.74, 6) is 3.19. The van der Waals surface area contributed by atoms with Gasteiger partial charge in [0.05, 0.1) is 11.4 Å². The Labute approximate surface area is 193 Å². The highest BCUT2D eigenvalue weighted by atomic mass is 16.5. The number of carbonyl (C=O) groups is 1. The van der Waals surface area contributed by atoms with Crippen LogP contribution in [-0.4, -0.2) is 28.5 Å². The van der Waals surface area contributed by atoms with E-state index in [4.69, 9.17) is 9.47 Å². The topological polar surface area (TPSA) is 43.7 Å². The van der Waals surface area contributed by atoms with E-state index in [9.17, 15) is 4.79 Å². The zero-order valence-electron chi connectivity index (χ0n) is 18.6. The fraction of sp³-hybridized carbons (Fsp3) is 0.179. The lowest BCUT2D eigenvalue weighted by molar-refractivity contribution is -0.131. The van der Waals surface area contributed by atoms with Crippen molar-refractivity contribution in [3.05, 3.63) is 102 Å². The van der Waals surface area contributed by atoms with E-state index in [2.05, 4.69) is 42.5 Å². The maximum atomic E-state index is 11.9. The van der Waals surface area contributed by atoms with Crippen LogP contribution in [0.3, 0.4) is 0 Å². The molecule has 33 heavy (non-hydrogen) atoms. The van der Waals surface area contributed by atoms with Gasteiger partial charge < -0.3 is 18.9 Å². The van der Waals surface area contributed by atoms with Crippen molar-refractivity contribution in [2.24, 2.45) is 0 Å². The minimum atomic E-state index is -0.0211. The molecule has 1 amide bonds. The van der Waals surface area contributed by atoms with E-state index in [0.29, 0.717) is 19.5 Å². The minimum absolute atomic E-state index is 0.0211. The lowest BCUT2D eigenvalue weighted by Crippen LogP contribution is -2.53. The van der Waals surface area contributed by atoms with Crippen LogP contribution in [0.2, 0.25) is 0 Å². The van der Waals surface area contributed by atoms with Gasteiger partial charge in [0.2, 0.25) is 5.91 Å². The summed E-state index contributed by atoms with van der Waals surface area (Å²) in [6, 6.07) is 19.8. The van der Waals surface area contributed by atoms with Crippen LogP contribution < -0.4 is 20.0 Å². The first-order chi connectivity index (χ1) is 16.1. The molecule has 0 atom stereocenters. The molecule has 0 bridgehead atoms. The normalized spacial score (nSPS) is 15.5. The van der Waals surface area contributed by atoms with Crippen LogP contribution in [0.4, 0.5) is 0 Å². The van der Waals surface area contributed by atoms with E-state index in [0.717, 1.165) is 33.6 Å². The van der Waals surface area contributed by atoms with Gasteiger partial charge in [-0.05, 0) is 61.0 Å². The summed E-state index contributed by atoms with van der Waals surface area (Å²) in [5.41, 5.74) is 1.20. The molecule has 2 aliphatic rings. The third-order valence-electron chi connectivity index (χ3n) is 6.06. The van der Waals surface area contributed by atoms with Crippen molar-refractivity contribution >= 4 is 17.2 Å². The number of hydrogen-bond donors (Lipinski definition) is 0. The number of benzene rings is 2. The number of aromatic nitrogens is 1. The number of likely N-dealkylation sites (tertiary alicyclic amines) is 1. The molecule has 5 rings (SSSR count). The second kappa shape index (κ2) is 8.87. The van der Waals surface area contributed by atoms with Gasteiger partial charge in [-0.1, -0.05) is 36.9 Å². The van der Waals surface area contributed by atoms with Crippen molar-refractivity contribution < 1.29 is 14.3 Å². The molecular weight excluding hydrogens is 412 g/mol. The smallest absolute Gasteiger partial charge is 0.246 e. The first-order valence-electron chi connectivity index (χ1n) is 11.1. The SMILES string of the molecule is C=CC(=O)N1CC(n2ccc3c2=C(Oc2ccc(Oc4ccccc4)cc2)CC=CC=3C)C1. The lowest BCUT2D eigenvalue weighted by Gasteiger charge is -2.39. The standard InChI is InChI=1S/C28H26N2O3/c1-3-27(31)29-18-21(19-29)30-17-16-25-20(2)8-7-11-26(28(25)30)33-24-14-12-23(13-15-24)32-22-9-5-4-6-10-22/h3-10,12-17,21H,1,11,18-19H2,2H3. The second-order valence-corrected chi connectivity index (χ2v) is 8.29. The highest BCUT2D eigenvalue weighted by Crippen LogP contribution is 2.26. The predicted molar refractivity (Wildman–Crippen MR) is 129 cm³/mol. The first-order valence-corrected chi connectivity index (χ1v) is 11.1. The van der Waals surface area contributed by atoms with E-state index < -0.39 is 0 Å². The third kappa shape index (κ3) is 4.22. The van der Waals surface area contributed by atoms with Gasteiger partial charge in [-0.15, -0.1) is 0 Å². The fourth-order valence-corrected chi connectivity index (χ4v) is 4.27. The Morgan fingerprint density at radius 1 is 0.970 bits per heavy atom. The number of para-hydroxylation sites is 1. The summed E-state index contributed by atoms with van der Waals surface area (Å²) >= 11 is 0. The Morgan fingerprint density at radius 3 is 2.33 bits per heavy atom. The second-order valence-electron chi connectivity index (χ2n) is 8.29. The van der Waals surface area contributed by atoms with Gasteiger partial charge in [0.1, 0.15) is 23.0 Å². The summed E-state index contributed by atoms with van der Waals surface area (Å²) in [5, 5.41) is 2.24. The van der Waals surface area contributed by atoms with Gasteiger partial charge in [-0.2, -0.15) is 0 Å². The van der Waals surface area contributed by atoms with E-state index in [1.54, 1.807) is 0 Å². The number of hydrogen-bond acceptors (Lipinski definition) is 3. The number of ether oxygens (including phenoxy) is 2. The maximum Gasteiger partial charge on any atom is 0.246 e. The quantitative estimate of drug-likeness (QED) is 0.543. The molecule has 5 nitrogen and oxygen atoms in total. The van der Waals surface area contributed by atoms with E-state index in [-0.39, 0.29) is 11.9 Å². The molecule has 2 heterocycles. The van der Waals surface area contributed by atoms with Gasteiger partial charge in [0, 0.05) is 30.9 Å². The highest BCUT2D eigenvalue weighted by Gasteiger charge is 2.31. The molecule has 1 aliphatic heterocycles. The molecular formula is C28H26N2O3. The molecule has 5 heteroatoms. The van der Waals surface area contributed by atoms with Gasteiger partial charge in [-0.25, -0.2) is 0 Å².